The average Bonchev–Trinajstić information content (AvgIpc) is 2.47. The standard InChI is InChI=1S/C15H21FN2S/c1-3-15(4-2)10-18-14(19-11-15)17-9-12-5-7-13(16)8-6-12/h5-8H,3-4,9-11H2,1-2H3,(H,17,18). The van der Waals surface area contributed by atoms with Gasteiger partial charge in [-0.15, -0.1) is 0 Å². The van der Waals surface area contributed by atoms with E-state index in [1.165, 1.54) is 25.0 Å². The summed E-state index contributed by atoms with van der Waals surface area (Å²) in [5.41, 5.74) is 1.46. The van der Waals surface area contributed by atoms with Crippen LogP contribution in [0.3, 0.4) is 0 Å². The normalized spacial score (nSPS) is 17.9. The predicted molar refractivity (Wildman–Crippen MR) is 81.0 cm³/mol. The summed E-state index contributed by atoms with van der Waals surface area (Å²) in [5.74, 6) is 0.943. The fourth-order valence-electron chi connectivity index (χ4n) is 2.12. The van der Waals surface area contributed by atoms with Crippen molar-refractivity contribution in [2.75, 3.05) is 12.3 Å². The first kappa shape index (κ1) is 14.4. The van der Waals surface area contributed by atoms with Crippen LogP contribution >= 0.6 is 11.8 Å². The van der Waals surface area contributed by atoms with Crippen molar-refractivity contribution in [3.8, 4) is 0 Å². The van der Waals surface area contributed by atoms with Crippen LogP contribution in [0.15, 0.2) is 29.3 Å². The molecule has 104 valence electrons. The van der Waals surface area contributed by atoms with Crippen LogP contribution in [-0.4, -0.2) is 17.5 Å². The fourth-order valence-corrected chi connectivity index (χ4v) is 3.39. The summed E-state index contributed by atoms with van der Waals surface area (Å²) in [5, 5.41) is 4.35. The number of amidine groups is 1. The molecule has 1 N–H and O–H groups in total. The maximum Gasteiger partial charge on any atom is 0.156 e. The molecule has 0 bridgehead atoms. The van der Waals surface area contributed by atoms with Crippen molar-refractivity contribution in [2.24, 2.45) is 10.4 Å². The molecule has 2 nitrogen and oxygen atoms in total. The molecule has 1 aliphatic rings. The van der Waals surface area contributed by atoms with Gasteiger partial charge in [0, 0.05) is 18.8 Å². The summed E-state index contributed by atoms with van der Waals surface area (Å²) < 4.78 is 12.8. The molecule has 0 fully saturated rings. The molecule has 0 spiro atoms. The Labute approximate surface area is 118 Å². The topological polar surface area (TPSA) is 24.4 Å². The number of hydrogen-bond donors (Lipinski definition) is 1. The van der Waals surface area contributed by atoms with Crippen LogP contribution in [0.4, 0.5) is 4.39 Å². The number of nitrogens with zero attached hydrogens (tertiary/aromatic N) is 1. The summed E-state index contributed by atoms with van der Waals surface area (Å²) in [7, 11) is 0. The molecular formula is C15H21FN2S. The van der Waals surface area contributed by atoms with Crippen LogP contribution in [0, 0.1) is 11.2 Å². The molecule has 0 unspecified atom stereocenters. The molecule has 0 aliphatic carbocycles. The van der Waals surface area contributed by atoms with Gasteiger partial charge in [-0.3, -0.25) is 4.99 Å². The van der Waals surface area contributed by atoms with Gasteiger partial charge in [-0.2, -0.15) is 0 Å². The lowest BCUT2D eigenvalue weighted by Gasteiger charge is -2.33. The van der Waals surface area contributed by atoms with Crippen molar-refractivity contribution >= 4 is 16.9 Å². The molecule has 2 rings (SSSR count). The Balaban J connectivity index is 1.88. The second kappa shape index (κ2) is 6.42. The van der Waals surface area contributed by atoms with E-state index in [9.17, 15) is 4.39 Å². The third kappa shape index (κ3) is 3.72. The Hall–Kier alpha value is -1.03. The van der Waals surface area contributed by atoms with Crippen LogP contribution in [0.5, 0.6) is 0 Å². The summed E-state index contributed by atoms with van der Waals surface area (Å²) in [4.78, 5) is 4.65. The Bertz CT molecular complexity index is 438. The van der Waals surface area contributed by atoms with Crippen LogP contribution in [0.25, 0.3) is 0 Å². The van der Waals surface area contributed by atoms with Gasteiger partial charge in [0.05, 0.1) is 0 Å². The molecule has 0 aromatic heterocycles. The van der Waals surface area contributed by atoms with Gasteiger partial charge in [-0.1, -0.05) is 37.7 Å². The third-order valence-electron chi connectivity index (χ3n) is 3.93. The highest BCUT2D eigenvalue weighted by Crippen LogP contribution is 2.34. The van der Waals surface area contributed by atoms with E-state index in [1.807, 2.05) is 0 Å². The number of halogens is 1. The zero-order chi connectivity index (χ0) is 13.7. The van der Waals surface area contributed by atoms with Gasteiger partial charge in [0.1, 0.15) is 5.82 Å². The lowest BCUT2D eigenvalue weighted by molar-refractivity contribution is 0.318. The minimum Gasteiger partial charge on any atom is -0.361 e. The van der Waals surface area contributed by atoms with E-state index >= 15 is 0 Å². The van der Waals surface area contributed by atoms with Gasteiger partial charge in [-0.05, 0) is 36.0 Å². The molecule has 0 amide bonds. The van der Waals surface area contributed by atoms with E-state index in [-0.39, 0.29) is 5.82 Å². The second-order valence-corrected chi connectivity index (χ2v) is 6.06. The number of thioether (sulfide) groups is 1. The first-order chi connectivity index (χ1) is 9.17. The second-order valence-electron chi connectivity index (χ2n) is 5.10. The van der Waals surface area contributed by atoms with Crippen molar-refractivity contribution in [1.29, 1.82) is 0 Å². The average molecular weight is 280 g/mol. The zero-order valence-electron chi connectivity index (χ0n) is 11.6. The lowest BCUT2D eigenvalue weighted by atomic mass is 9.84. The molecule has 1 aromatic rings. The molecule has 1 aliphatic heterocycles. The van der Waals surface area contributed by atoms with Crippen LogP contribution in [0.2, 0.25) is 0 Å². The van der Waals surface area contributed by atoms with Gasteiger partial charge in [-0.25, -0.2) is 4.39 Å². The largest absolute Gasteiger partial charge is 0.361 e. The van der Waals surface area contributed by atoms with Crippen molar-refractivity contribution in [3.63, 3.8) is 0 Å². The quantitative estimate of drug-likeness (QED) is 0.906. The molecular weight excluding hydrogens is 259 g/mol. The van der Waals surface area contributed by atoms with Crippen LogP contribution in [0.1, 0.15) is 32.3 Å². The monoisotopic (exact) mass is 280 g/mol. The number of rotatable bonds is 4. The molecule has 0 atom stereocenters. The fraction of sp³-hybridized carbons (Fsp3) is 0.533. The highest BCUT2D eigenvalue weighted by Gasteiger charge is 2.29. The van der Waals surface area contributed by atoms with E-state index in [0.717, 1.165) is 23.0 Å². The first-order valence-electron chi connectivity index (χ1n) is 6.83. The maximum absolute atomic E-state index is 12.8. The number of nitrogens with one attached hydrogen (secondary N) is 1. The van der Waals surface area contributed by atoms with E-state index < -0.39 is 0 Å². The Morgan fingerprint density at radius 1 is 1.26 bits per heavy atom. The van der Waals surface area contributed by atoms with E-state index in [0.29, 0.717) is 12.0 Å². The molecule has 0 radical (unpaired) electrons. The molecule has 4 heteroatoms. The number of aliphatic imine (C=N–C) groups is 1. The molecule has 19 heavy (non-hydrogen) atoms. The van der Waals surface area contributed by atoms with E-state index in [2.05, 4.69) is 24.2 Å². The smallest absolute Gasteiger partial charge is 0.156 e. The van der Waals surface area contributed by atoms with Gasteiger partial charge >= 0.3 is 0 Å². The SMILES string of the molecule is CCC1(CC)CN=C(NCc2ccc(F)cc2)SC1. The summed E-state index contributed by atoms with van der Waals surface area (Å²) in [6, 6.07) is 6.59. The summed E-state index contributed by atoms with van der Waals surface area (Å²) in [6.45, 7) is 6.11. The van der Waals surface area contributed by atoms with Crippen LogP contribution < -0.4 is 5.32 Å². The highest BCUT2D eigenvalue weighted by molar-refractivity contribution is 8.13. The zero-order valence-corrected chi connectivity index (χ0v) is 12.4. The molecule has 0 saturated carbocycles. The maximum atomic E-state index is 12.8. The lowest BCUT2D eigenvalue weighted by Crippen LogP contribution is -2.34. The molecule has 0 saturated heterocycles. The van der Waals surface area contributed by atoms with Gasteiger partial charge in [0.15, 0.2) is 5.17 Å². The Morgan fingerprint density at radius 3 is 2.47 bits per heavy atom. The minimum atomic E-state index is -0.191. The third-order valence-corrected chi connectivity index (χ3v) is 5.23. The summed E-state index contributed by atoms with van der Waals surface area (Å²) in [6.07, 6.45) is 2.37. The highest BCUT2D eigenvalue weighted by atomic mass is 32.2. The van der Waals surface area contributed by atoms with Crippen molar-refractivity contribution in [1.82, 2.24) is 5.32 Å². The number of benzene rings is 1. The number of hydrogen-bond acceptors (Lipinski definition) is 3. The molecule has 1 aromatic carbocycles. The Kier molecular flexibility index (Phi) is 4.86. The Morgan fingerprint density at radius 2 is 1.95 bits per heavy atom. The van der Waals surface area contributed by atoms with Gasteiger partial charge in [0.25, 0.3) is 0 Å². The first-order valence-corrected chi connectivity index (χ1v) is 7.81. The predicted octanol–water partition coefficient (Wildman–Crippen LogP) is 3.82. The van der Waals surface area contributed by atoms with E-state index in [4.69, 9.17) is 0 Å². The minimum absolute atomic E-state index is 0.191. The van der Waals surface area contributed by atoms with Gasteiger partial charge in [0.2, 0.25) is 0 Å². The van der Waals surface area contributed by atoms with E-state index in [1.54, 1.807) is 23.9 Å². The van der Waals surface area contributed by atoms with Crippen molar-refractivity contribution in [2.45, 2.75) is 33.2 Å². The summed E-state index contributed by atoms with van der Waals surface area (Å²) >= 11 is 1.81. The van der Waals surface area contributed by atoms with Gasteiger partial charge < -0.3 is 5.32 Å². The van der Waals surface area contributed by atoms with Crippen molar-refractivity contribution in [3.05, 3.63) is 35.6 Å². The van der Waals surface area contributed by atoms with Crippen LogP contribution in [-0.2, 0) is 6.54 Å². The van der Waals surface area contributed by atoms with Crippen molar-refractivity contribution < 1.29 is 4.39 Å². The molecule has 1 heterocycles.